The summed E-state index contributed by atoms with van der Waals surface area (Å²) in [5, 5.41) is 1.93. The van der Waals surface area contributed by atoms with Gasteiger partial charge in [0.2, 0.25) is 5.91 Å². The number of carbonyl (C=O) groups excluding carboxylic acids is 2. The smallest absolute Gasteiger partial charge is 0.221 e. The Morgan fingerprint density at radius 3 is 3.00 bits per heavy atom. The van der Waals surface area contributed by atoms with E-state index in [2.05, 4.69) is 4.90 Å². The molecule has 0 bridgehead atoms. The number of nitrogens with two attached hydrogens (primary N) is 1. The number of ketones is 1. The van der Waals surface area contributed by atoms with Crippen molar-refractivity contribution in [2.45, 2.75) is 25.7 Å². The second kappa shape index (κ2) is 6.82. The molecule has 1 amide bonds. The van der Waals surface area contributed by atoms with E-state index in [9.17, 15) is 9.59 Å². The summed E-state index contributed by atoms with van der Waals surface area (Å²) in [4.78, 5) is 26.1. The Morgan fingerprint density at radius 1 is 1.47 bits per heavy atom. The molecule has 1 atom stereocenters. The second-order valence-corrected chi connectivity index (χ2v) is 5.99. The van der Waals surface area contributed by atoms with Crippen LogP contribution in [0.25, 0.3) is 0 Å². The molecular formula is C14H20N2O2S. The number of hydrogen-bond acceptors (Lipinski definition) is 4. The molecule has 5 heteroatoms. The summed E-state index contributed by atoms with van der Waals surface area (Å²) in [6, 6.07) is 3.77. The molecule has 0 radical (unpaired) electrons. The first-order chi connectivity index (χ1) is 9.16. The maximum Gasteiger partial charge on any atom is 0.221 e. The fourth-order valence-corrected chi connectivity index (χ4v) is 3.21. The van der Waals surface area contributed by atoms with E-state index in [4.69, 9.17) is 5.73 Å². The zero-order valence-corrected chi connectivity index (χ0v) is 11.8. The van der Waals surface area contributed by atoms with Crippen molar-refractivity contribution in [2.24, 2.45) is 11.7 Å². The van der Waals surface area contributed by atoms with E-state index in [1.807, 2.05) is 17.5 Å². The summed E-state index contributed by atoms with van der Waals surface area (Å²) in [6.45, 7) is 2.64. The zero-order chi connectivity index (χ0) is 13.7. The van der Waals surface area contributed by atoms with Gasteiger partial charge in [0.25, 0.3) is 0 Å². The summed E-state index contributed by atoms with van der Waals surface area (Å²) in [7, 11) is 0. The highest BCUT2D eigenvalue weighted by molar-refractivity contribution is 7.12. The summed E-state index contributed by atoms with van der Waals surface area (Å²) >= 11 is 1.50. The Kier molecular flexibility index (Phi) is 5.10. The van der Waals surface area contributed by atoms with Crippen LogP contribution in [0.15, 0.2) is 17.5 Å². The van der Waals surface area contributed by atoms with Crippen LogP contribution in [0.2, 0.25) is 0 Å². The molecule has 1 saturated heterocycles. The van der Waals surface area contributed by atoms with Crippen LogP contribution >= 0.6 is 11.3 Å². The van der Waals surface area contributed by atoms with Crippen LogP contribution < -0.4 is 5.73 Å². The largest absolute Gasteiger partial charge is 0.369 e. The molecule has 1 fully saturated rings. The molecule has 1 aromatic heterocycles. The predicted molar refractivity (Wildman–Crippen MR) is 76.2 cm³/mol. The van der Waals surface area contributed by atoms with Gasteiger partial charge in [-0.05, 0) is 43.8 Å². The van der Waals surface area contributed by atoms with Gasteiger partial charge < -0.3 is 10.6 Å². The van der Waals surface area contributed by atoms with E-state index in [0.29, 0.717) is 6.42 Å². The highest BCUT2D eigenvalue weighted by atomic mass is 32.1. The molecule has 1 aromatic rings. The van der Waals surface area contributed by atoms with E-state index < -0.39 is 0 Å². The summed E-state index contributed by atoms with van der Waals surface area (Å²) in [5.41, 5.74) is 5.35. The summed E-state index contributed by atoms with van der Waals surface area (Å²) in [6.07, 6.45) is 3.35. The number of hydrogen-bond donors (Lipinski definition) is 1. The number of thiophene rings is 1. The van der Waals surface area contributed by atoms with E-state index in [0.717, 1.165) is 43.8 Å². The van der Waals surface area contributed by atoms with Crippen LogP contribution in [-0.4, -0.2) is 36.2 Å². The molecule has 19 heavy (non-hydrogen) atoms. The normalized spacial score (nSPS) is 20.3. The van der Waals surface area contributed by atoms with Crippen molar-refractivity contribution in [2.75, 3.05) is 19.6 Å². The fraction of sp³-hybridized carbons (Fsp3) is 0.571. The van der Waals surface area contributed by atoms with Gasteiger partial charge in [0.15, 0.2) is 5.78 Å². The van der Waals surface area contributed by atoms with Gasteiger partial charge in [0, 0.05) is 13.0 Å². The van der Waals surface area contributed by atoms with Gasteiger partial charge in [-0.1, -0.05) is 6.07 Å². The molecular weight excluding hydrogens is 260 g/mol. The van der Waals surface area contributed by atoms with Gasteiger partial charge in [0.05, 0.1) is 10.8 Å². The number of Topliss-reactive ketones (excluding diaryl/α,β-unsaturated/α-hetero) is 1. The Labute approximate surface area is 117 Å². The molecule has 0 spiro atoms. The number of nitrogens with zero attached hydrogens (tertiary/aromatic N) is 1. The number of primary amides is 1. The molecule has 1 aliphatic rings. The monoisotopic (exact) mass is 280 g/mol. The van der Waals surface area contributed by atoms with Gasteiger partial charge in [-0.25, -0.2) is 0 Å². The maximum absolute atomic E-state index is 11.8. The topological polar surface area (TPSA) is 63.4 Å². The highest BCUT2D eigenvalue weighted by Crippen LogP contribution is 2.17. The number of carbonyl (C=O) groups is 2. The molecule has 0 aliphatic carbocycles. The van der Waals surface area contributed by atoms with Crippen LogP contribution in [0.1, 0.15) is 35.4 Å². The molecule has 2 heterocycles. The standard InChI is InChI=1S/C14H20N2O2S/c15-14(18)11-4-1-7-16(10-11)8-2-5-12(17)13-6-3-9-19-13/h3,6,9,11H,1-2,4-5,7-8,10H2,(H2,15,18). The van der Waals surface area contributed by atoms with Gasteiger partial charge in [0.1, 0.15) is 0 Å². The lowest BCUT2D eigenvalue weighted by atomic mass is 9.97. The van der Waals surface area contributed by atoms with Crippen molar-refractivity contribution >= 4 is 23.0 Å². The SMILES string of the molecule is NC(=O)C1CCCN(CCCC(=O)c2cccs2)C1. The van der Waals surface area contributed by atoms with E-state index >= 15 is 0 Å². The quantitative estimate of drug-likeness (QED) is 0.810. The predicted octanol–water partition coefficient (Wildman–Crippen LogP) is 1.91. The van der Waals surface area contributed by atoms with Crippen molar-refractivity contribution in [1.29, 1.82) is 0 Å². The third-order valence-corrected chi connectivity index (χ3v) is 4.49. The van der Waals surface area contributed by atoms with Gasteiger partial charge >= 0.3 is 0 Å². The van der Waals surface area contributed by atoms with Gasteiger partial charge in [-0.3, -0.25) is 9.59 Å². The molecule has 0 aromatic carbocycles. The summed E-state index contributed by atoms with van der Waals surface area (Å²) < 4.78 is 0. The van der Waals surface area contributed by atoms with E-state index in [-0.39, 0.29) is 17.6 Å². The average Bonchev–Trinajstić information content (AvgIpc) is 2.93. The van der Waals surface area contributed by atoms with Crippen molar-refractivity contribution in [3.05, 3.63) is 22.4 Å². The lowest BCUT2D eigenvalue weighted by molar-refractivity contribution is -0.123. The third-order valence-electron chi connectivity index (χ3n) is 3.58. The number of rotatable bonds is 6. The zero-order valence-electron chi connectivity index (χ0n) is 11.0. The fourth-order valence-electron chi connectivity index (χ4n) is 2.51. The van der Waals surface area contributed by atoms with Gasteiger partial charge in [-0.2, -0.15) is 0 Å². The molecule has 0 saturated carbocycles. The minimum atomic E-state index is -0.195. The number of piperidine rings is 1. The minimum Gasteiger partial charge on any atom is -0.369 e. The van der Waals surface area contributed by atoms with Crippen LogP contribution in [-0.2, 0) is 4.79 Å². The number of likely N-dealkylation sites (tertiary alicyclic amines) is 1. The first-order valence-electron chi connectivity index (χ1n) is 6.75. The van der Waals surface area contributed by atoms with Crippen LogP contribution in [0.5, 0.6) is 0 Å². The van der Waals surface area contributed by atoms with E-state index in [1.54, 1.807) is 0 Å². The average molecular weight is 280 g/mol. The Balaban J connectivity index is 1.71. The Morgan fingerprint density at radius 2 is 2.32 bits per heavy atom. The van der Waals surface area contributed by atoms with Crippen molar-refractivity contribution in [3.8, 4) is 0 Å². The van der Waals surface area contributed by atoms with Crippen molar-refractivity contribution in [3.63, 3.8) is 0 Å². The maximum atomic E-state index is 11.8. The van der Waals surface area contributed by atoms with Gasteiger partial charge in [-0.15, -0.1) is 11.3 Å². The van der Waals surface area contributed by atoms with Crippen LogP contribution in [0, 0.1) is 5.92 Å². The molecule has 1 unspecified atom stereocenters. The van der Waals surface area contributed by atoms with Crippen LogP contribution in [0.4, 0.5) is 0 Å². The summed E-state index contributed by atoms with van der Waals surface area (Å²) in [5.74, 6) is 0.0135. The van der Waals surface area contributed by atoms with Crippen LogP contribution in [0.3, 0.4) is 0 Å². The highest BCUT2D eigenvalue weighted by Gasteiger charge is 2.23. The van der Waals surface area contributed by atoms with Crippen molar-refractivity contribution < 1.29 is 9.59 Å². The Hall–Kier alpha value is -1.20. The molecule has 4 nitrogen and oxygen atoms in total. The third kappa shape index (κ3) is 4.14. The van der Waals surface area contributed by atoms with E-state index in [1.165, 1.54) is 11.3 Å². The molecule has 2 rings (SSSR count). The molecule has 1 aliphatic heterocycles. The Bertz CT molecular complexity index is 431. The second-order valence-electron chi connectivity index (χ2n) is 5.05. The first-order valence-corrected chi connectivity index (χ1v) is 7.63. The minimum absolute atomic E-state index is 0.0123. The lowest BCUT2D eigenvalue weighted by Gasteiger charge is -2.30. The number of amides is 1. The lowest BCUT2D eigenvalue weighted by Crippen LogP contribution is -2.41. The molecule has 2 N–H and O–H groups in total. The molecule has 104 valence electrons. The first kappa shape index (κ1) is 14.2. The van der Waals surface area contributed by atoms with Crippen molar-refractivity contribution in [1.82, 2.24) is 4.90 Å².